The maximum atomic E-state index is 14.6. The number of carbonyl (C=O) groups is 1. The smallest absolute Gasteiger partial charge is 0.412 e. The highest BCUT2D eigenvalue weighted by molar-refractivity contribution is 7.89. The van der Waals surface area contributed by atoms with E-state index in [0.717, 1.165) is 48.8 Å². The number of carbonyl (C=O) groups excluding carboxylic acids is 1. The number of fused-ring (bicyclic) bond motifs is 2. The highest BCUT2D eigenvalue weighted by atomic mass is 32.2. The van der Waals surface area contributed by atoms with E-state index in [9.17, 15) is 13.2 Å². The van der Waals surface area contributed by atoms with Crippen molar-refractivity contribution in [3.8, 4) is 17.2 Å². The number of nitrogens with zero attached hydrogens (tertiary/aromatic N) is 3. The van der Waals surface area contributed by atoms with Crippen molar-refractivity contribution in [2.45, 2.75) is 94.1 Å². The summed E-state index contributed by atoms with van der Waals surface area (Å²) in [7, 11) is -2.27. The average molecular weight is 790 g/mol. The van der Waals surface area contributed by atoms with Gasteiger partial charge in [0.25, 0.3) is 0 Å². The molecule has 56 heavy (non-hydrogen) atoms. The van der Waals surface area contributed by atoms with Gasteiger partial charge in [-0.05, 0) is 92.5 Å². The standard InChI is InChI=1S/C42H51N3O10S/c1-42(2)45(41(46)54-39-26-51-40-34(39)17-18-49-40)35(20-28-11-13-32(14-12-28)50-25-31-10-6-9-30(19-31)22-43-3)38(55-42)24-44(23-29-7-4-5-8-29)56(47,48)33-15-16-36-37(21-33)53-27-52-36/h6,9-16,19,21-22,29,34-35,38-40H,4-5,7-8,17-18,20,23-27H2,1-3H3/t34-,35-,38+,39-,40+/m0/s1. The molecule has 0 N–H and O–H groups in total. The molecule has 3 aromatic carbocycles. The van der Waals surface area contributed by atoms with Crippen LogP contribution >= 0.6 is 0 Å². The summed E-state index contributed by atoms with van der Waals surface area (Å²) in [6.07, 6.45) is 4.93. The molecule has 0 unspecified atom stereocenters. The highest BCUT2D eigenvalue weighted by Gasteiger charge is 2.53. The van der Waals surface area contributed by atoms with E-state index < -0.39 is 40.1 Å². The number of aliphatic imine (C=N–C) groups is 1. The third-order valence-corrected chi connectivity index (χ3v) is 13.3. The molecule has 14 heteroatoms. The Bertz CT molecular complexity index is 2000. The van der Waals surface area contributed by atoms with Crippen LogP contribution in [0.15, 0.2) is 76.6 Å². The van der Waals surface area contributed by atoms with Gasteiger partial charge in [-0.2, -0.15) is 4.31 Å². The summed E-state index contributed by atoms with van der Waals surface area (Å²) < 4.78 is 72.2. The van der Waals surface area contributed by atoms with Crippen molar-refractivity contribution in [3.63, 3.8) is 0 Å². The number of sulfonamides is 1. The van der Waals surface area contributed by atoms with Gasteiger partial charge in [-0.1, -0.05) is 43.2 Å². The van der Waals surface area contributed by atoms with Crippen LogP contribution < -0.4 is 14.2 Å². The van der Waals surface area contributed by atoms with Crippen molar-refractivity contribution in [1.82, 2.24) is 9.21 Å². The highest BCUT2D eigenvalue weighted by Crippen LogP contribution is 2.40. The van der Waals surface area contributed by atoms with Crippen LogP contribution in [-0.2, 0) is 42.0 Å². The molecule has 5 aliphatic rings. The van der Waals surface area contributed by atoms with Crippen LogP contribution in [0.2, 0.25) is 0 Å². The molecule has 0 bridgehead atoms. The zero-order valence-corrected chi connectivity index (χ0v) is 33.0. The number of ether oxygens (including phenoxy) is 7. The van der Waals surface area contributed by atoms with Crippen LogP contribution in [0.3, 0.4) is 0 Å². The molecule has 0 spiro atoms. The summed E-state index contributed by atoms with van der Waals surface area (Å²) in [6.45, 7) is 5.30. The van der Waals surface area contributed by atoms with Crippen molar-refractivity contribution in [2.24, 2.45) is 16.8 Å². The molecular formula is C42H51N3O10S. The van der Waals surface area contributed by atoms with Crippen LogP contribution in [0.4, 0.5) is 4.79 Å². The molecule has 4 aliphatic heterocycles. The summed E-state index contributed by atoms with van der Waals surface area (Å²) in [5, 5.41) is 0. The van der Waals surface area contributed by atoms with Gasteiger partial charge in [-0.25, -0.2) is 13.2 Å². The second kappa shape index (κ2) is 16.3. The molecule has 4 fully saturated rings. The summed E-state index contributed by atoms with van der Waals surface area (Å²) in [5.41, 5.74) is 1.85. The Kier molecular flexibility index (Phi) is 11.3. The first kappa shape index (κ1) is 38.7. The van der Waals surface area contributed by atoms with Crippen LogP contribution in [0.25, 0.3) is 0 Å². The number of benzene rings is 3. The third-order valence-electron chi connectivity index (χ3n) is 11.5. The molecule has 3 aromatic rings. The first-order valence-corrected chi connectivity index (χ1v) is 21.0. The van der Waals surface area contributed by atoms with Crippen LogP contribution in [0.5, 0.6) is 17.2 Å². The first-order valence-electron chi connectivity index (χ1n) is 19.6. The van der Waals surface area contributed by atoms with E-state index in [2.05, 4.69) is 4.99 Å². The lowest BCUT2D eigenvalue weighted by Gasteiger charge is -2.34. The number of hydrogen-bond donors (Lipinski definition) is 0. The molecule has 0 aromatic heterocycles. The summed E-state index contributed by atoms with van der Waals surface area (Å²) in [5.74, 6) is 1.79. The Hall–Kier alpha value is -4.21. The second-order valence-corrected chi connectivity index (χ2v) is 17.7. The molecule has 1 aliphatic carbocycles. The quantitative estimate of drug-likeness (QED) is 0.185. The normalized spacial score (nSPS) is 25.7. The van der Waals surface area contributed by atoms with E-state index in [-0.39, 0.29) is 43.0 Å². The Balaban J connectivity index is 1.06. The lowest BCUT2D eigenvalue weighted by molar-refractivity contribution is -0.0911. The minimum Gasteiger partial charge on any atom is -0.489 e. The van der Waals surface area contributed by atoms with Gasteiger partial charge in [0.15, 0.2) is 17.8 Å². The molecule has 0 radical (unpaired) electrons. The maximum Gasteiger partial charge on any atom is 0.412 e. The predicted octanol–water partition coefficient (Wildman–Crippen LogP) is 6.17. The van der Waals surface area contributed by atoms with Gasteiger partial charge in [0.05, 0.1) is 36.2 Å². The lowest BCUT2D eigenvalue weighted by atomic mass is 9.99. The molecule has 13 nitrogen and oxygen atoms in total. The van der Waals surface area contributed by atoms with Gasteiger partial charge in [0.2, 0.25) is 16.8 Å². The zero-order valence-electron chi connectivity index (χ0n) is 32.2. The minimum absolute atomic E-state index is 0.0385. The fourth-order valence-electron chi connectivity index (χ4n) is 8.72. The SMILES string of the molecule is CN=Cc1cccc(COc2ccc(C[C@H]3[C@@H](CN(CC4CCCC4)S(=O)(=O)c4ccc5c(c4)OCO5)OC(C)(C)N3C(=O)O[C@H]3CO[C@H]4OCC[C@H]43)cc2)c1. The van der Waals surface area contributed by atoms with Gasteiger partial charge < -0.3 is 33.2 Å². The maximum absolute atomic E-state index is 14.6. The Morgan fingerprint density at radius 3 is 2.57 bits per heavy atom. The van der Waals surface area contributed by atoms with E-state index >= 15 is 0 Å². The number of hydrogen-bond acceptors (Lipinski definition) is 11. The molecular weight excluding hydrogens is 739 g/mol. The van der Waals surface area contributed by atoms with E-state index in [1.807, 2.05) is 62.4 Å². The summed E-state index contributed by atoms with van der Waals surface area (Å²) >= 11 is 0. The van der Waals surface area contributed by atoms with Crippen molar-refractivity contribution in [1.29, 1.82) is 0 Å². The Labute approximate surface area is 328 Å². The van der Waals surface area contributed by atoms with E-state index in [1.165, 1.54) is 6.07 Å². The van der Waals surface area contributed by atoms with E-state index in [1.54, 1.807) is 34.6 Å². The topological polar surface area (TPSA) is 135 Å². The third kappa shape index (κ3) is 8.26. The monoisotopic (exact) mass is 789 g/mol. The van der Waals surface area contributed by atoms with Gasteiger partial charge in [-0.15, -0.1) is 0 Å². The fourth-order valence-corrected chi connectivity index (χ4v) is 10.3. The van der Waals surface area contributed by atoms with Crippen molar-refractivity contribution >= 4 is 22.3 Å². The molecule has 300 valence electrons. The Morgan fingerprint density at radius 1 is 0.964 bits per heavy atom. The van der Waals surface area contributed by atoms with Crippen molar-refractivity contribution in [2.75, 3.05) is 40.1 Å². The molecule has 3 saturated heterocycles. The second-order valence-electron chi connectivity index (χ2n) is 15.7. The molecule has 1 saturated carbocycles. The lowest BCUT2D eigenvalue weighted by Crippen LogP contribution is -2.51. The Morgan fingerprint density at radius 2 is 1.77 bits per heavy atom. The van der Waals surface area contributed by atoms with E-state index in [0.29, 0.717) is 43.4 Å². The van der Waals surface area contributed by atoms with Gasteiger partial charge in [0.1, 0.15) is 24.2 Å². The van der Waals surface area contributed by atoms with Crippen molar-refractivity contribution in [3.05, 3.63) is 83.4 Å². The van der Waals surface area contributed by atoms with Gasteiger partial charge in [0, 0.05) is 32.4 Å². The van der Waals surface area contributed by atoms with Crippen LogP contribution in [0, 0.1) is 11.8 Å². The minimum atomic E-state index is -4.01. The molecule has 4 heterocycles. The first-order chi connectivity index (χ1) is 27.1. The molecule has 5 atom stereocenters. The largest absolute Gasteiger partial charge is 0.489 e. The fraction of sp³-hybridized carbons (Fsp3) is 0.524. The summed E-state index contributed by atoms with van der Waals surface area (Å²) in [6, 6.07) is 20.0. The van der Waals surface area contributed by atoms with Crippen LogP contribution in [0.1, 0.15) is 62.6 Å². The zero-order chi connectivity index (χ0) is 38.9. The predicted molar refractivity (Wildman–Crippen MR) is 206 cm³/mol. The number of amides is 1. The number of rotatable bonds is 13. The molecule has 1 amide bonds. The summed E-state index contributed by atoms with van der Waals surface area (Å²) in [4.78, 5) is 20.2. The van der Waals surface area contributed by atoms with Crippen LogP contribution in [-0.4, -0.2) is 100 Å². The average Bonchev–Trinajstić information content (AvgIpc) is 4.03. The van der Waals surface area contributed by atoms with Crippen molar-refractivity contribution < 1.29 is 46.4 Å². The van der Waals surface area contributed by atoms with E-state index in [4.69, 9.17) is 33.2 Å². The van der Waals surface area contributed by atoms with Gasteiger partial charge in [-0.3, -0.25) is 9.89 Å². The molecule has 8 rings (SSSR count). The van der Waals surface area contributed by atoms with Gasteiger partial charge >= 0.3 is 6.09 Å².